The molecular weight excluding hydrogens is 230 g/mol. The van der Waals surface area contributed by atoms with Crippen LogP contribution >= 0.6 is 11.8 Å². The maximum absolute atomic E-state index is 5.66. The zero-order valence-electron chi connectivity index (χ0n) is 11.0. The van der Waals surface area contributed by atoms with Crippen molar-refractivity contribution in [1.82, 2.24) is 5.32 Å². The lowest BCUT2D eigenvalue weighted by molar-refractivity contribution is 0.344. The summed E-state index contributed by atoms with van der Waals surface area (Å²) in [6.07, 6.45) is 1.06. The second kappa shape index (κ2) is 8.43. The number of ether oxygens (including phenoxy) is 1. The molecule has 0 aliphatic rings. The van der Waals surface area contributed by atoms with Gasteiger partial charge in [-0.25, -0.2) is 0 Å². The van der Waals surface area contributed by atoms with Gasteiger partial charge in [0.2, 0.25) is 0 Å². The van der Waals surface area contributed by atoms with E-state index in [1.54, 1.807) is 0 Å². The second-order valence-electron chi connectivity index (χ2n) is 4.08. The highest BCUT2D eigenvalue weighted by molar-refractivity contribution is 7.99. The maximum atomic E-state index is 5.66. The molecule has 0 saturated carbocycles. The van der Waals surface area contributed by atoms with Gasteiger partial charge in [-0.1, -0.05) is 19.1 Å². The van der Waals surface area contributed by atoms with Gasteiger partial charge in [0, 0.05) is 11.8 Å². The third-order valence-electron chi connectivity index (χ3n) is 2.66. The van der Waals surface area contributed by atoms with Gasteiger partial charge >= 0.3 is 0 Å². The minimum atomic E-state index is 0.516. The normalized spacial score (nSPS) is 12.4. The van der Waals surface area contributed by atoms with Crippen LogP contribution < -0.4 is 10.1 Å². The molecule has 0 bridgehead atoms. The molecule has 0 heterocycles. The van der Waals surface area contributed by atoms with Crippen molar-refractivity contribution in [1.29, 1.82) is 0 Å². The molecule has 0 radical (unpaired) electrons. The Hall–Kier alpha value is -0.670. The fourth-order valence-corrected chi connectivity index (χ4v) is 2.03. The van der Waals surface area contributed by atoms with Crippen LogP contribution in [0.2, 0.25) is 0 Å². The summed E-state index contributed by atoms with van der Waals surface area (Å²) in [5.74, 6) is 3.20. The topological polar surface area (TPSA) is 21.3 Å². The minimum absolute atomic E-state index is 0.516. The van der Waals surface area contributed by atoms with Crippen LogP contribution in [0.5, 0.6) is 5.75 Å². The van der Waals surface area contributed by atoms with Crippen molar-refractivity contribution < 1.29 is 4.74 Å². The van der Waals surface area contributed by atoms with E-state index in [0.717, 1.165) is 30.3 Å². The fourth-order valence-electron chi connectivity index (χ4n) is 1.54. The van der Waals surface area contributed by atoms with Crippen molar-refractivity contribution in [3.8, 4) is 5.75 Å². The summed E-state index contributed by atoms with van der Waals surface area (Å²) >= 11 is 1.91. The molecule has 3 heteroatoms. The van der Waals surface area contributed by atoms with E-state index >= 15 is 0 Å². The molecule has 1 N–H and O–H groups in total. The van der Waals surface area contributed by atoms with E-state index in [9.17, 15) is 0 Å². The summed E-state index contributed by atoms with van der Waals surface area (Å²) in [4.78, 5) is 0. The van der Waals surface area contributed by atoms with Gasteiger partial charge in [0.05, 0.1) is 6.61 Å². The Bertz CT molecular complexity index is 300. The number of hydrogen-bond donors (Lipinski definition) is 1. The molecule has 0 aliphatic carbocycles. The molecule has 0 saturated heterocycles. The van der Waals surface area contributed by atoms with Crippen LogP contribution in [0.15, 0.2) is 24.3 Å². The summed E-state index contributed by atoms with van der Waals surface area (Å²) in [6, 6.07) is 8.94. The van der Waals surface area contributed by atoms with Gasteiger partial charge in [-0.3, -0.25) is 0 Å². The van der Waals surface area contributed by atoms with Crippen molar-refractivity contribution in [2.75, 3.05) is 25.2 Å². The van der Waals surface area contributed by atoms with Crippen molar-refractivity contribution in [2.45, 2.75) is 26.3 Å². The smallest absolute Gasteiger partial charge is 0.119 e. The largest absolute Gasteiger partial charge is 0.493 e. The molecule has 0 amide bonds. The van der Waals surface area contributed by atoms with Crippen LogP contribution in [0.25, 0.3) is 0 Å². The monoisotopic (exact) mass is 253 g/mol. The molecule has 1 unspecified atom stereocenters. The van der Waals surface area contributed by atoms with E-state index in [-0.39, 0.29) is 0 Å². The summed E-state index contributed by atoms with van der Waals surface area (Å²) in [5.41, 5.74) is 1.35. The first-order chi connectivity index (χ1) is 8.26. The number of benzene rings is 1. The first-order valence-corrected chi connectivity index (χ1v) is 7.38. The van der Waals surface area contributed by atoms with Gasteiger partial charge < -0.3 is 10.1 Å². The highest BCUT2D eigenvalue weighted by Gasteiger charge is 2.00. The summed E-state index contributed by atoms with van der Waals surface area (Å²) in [5, 5.41) is 3.24. The predicted octanol–water partition coefficient (Wildman–Crippen LogP) is 2.97. The van der Waals surface area contributed by atoms with Crippen LogP contribution in [-0.4, -0.2) is 31.2 Å². The third-order valence-corrected chi connectivity index (χ3v) is 3.52. The van der Waals surface area contributed by atoms with Crippen LogP contribution in [0.1, 0.15) is 19.4 Å². The van der Waals surface area contributed by atoms with Gasteiger partial charge in [-0.2, -0.15) is 11.8 Å². The van der Waals surface area contributed by atoms with Gasteiger partial charge in [-0.15, -0.1) is 0 Å². The van der Waals surface area contributed by atoms with E-state index in [2.05, 4.69) is 43.4 Å². The number of likely N-dealkylation sites (N-methyl/N-ethyl adjacent to an activating group) is 1. The first kappa shape index (κ1) is 14.4. The quantitative estimate of drug-likeness (QED) is 0.720. The molecule has 0 fully saturated rings. The lowest BCUT2D eigenvalue weighted by Crippen LogP contribution is -2.23. The Morgan fingerprint density at radius 1 is 1.29 bits per heavy atom. The Balaban J connectivity index is 2.34. The Kier molecular flexibility index (Phi) is 7.13. The second-order valence-corrected chi connectivity index (χ2v) is 5.48. The molecule has 1 atom stereocenters. The minimum Gasteiger partial charge on any atom is -0.493 e. The predicted molar refractivity (Wildman–Crippen MR) is 77.2 cm³/mol. The van der Waals surface area contributed by atoms with Crippen molar-refractivity contribution in [2.24, 2.45) is 0 Å². The molecule has 0 spiro atoms. The zero-order chi connectivity index (χ0) is 12.5. The number of nitrogens with one attached hydrogen (secondary N) is 1. The number of thioether (sulfide) groups is 1. The van der Waals surface area contributed by atoms with Crippen molar-refractivity contribution >= 4 is 11.8 Å². The average Bonchev–Trinajstić information content (AvgIpc) is 2.36. The van der Waals surface area contributed by atoms with E-state index < -0.39 is 0 Å². The molecule has 1 rings (SSSR count). The van der Waals surface area contributed by atoms with Crippen molar-refractivity contribution in [3.63, 3.8) is 0 Å². The van der Waals surface area contributed by atoms with Gasteiger partial charge in [0.1, 0.15) is 5.75 Å². The highest BCUT2D eigenvalue weighted by Crippen LogP contribution is 2.14. The summed E-state index contributed by atoms with van der Waals surface area (Å²) < 4.78 is 5.66. The standard InChI is InChI=1S/C14H23NOS/c1-4-17-10-9-16-14-7-5-13(6-8-14)11-12(2)15-3/h5-8,12,15H,4,9-11H2,1-3H3. The highest BCUT2D eigenvalue weighted by atomic mass is 32.2. The van der Waals surface area contributed by atoms with Crippen LogP contribution in [-0.2, 0) is 6.42 Å². The maximum Gasteiger partial charge on any atom is 0.119 e. The Morgan fingerprint density at radius 2 is 2.00 bits per heavy atom. The van der Waals surface area contributed by atoms with E-state index in [1.807, 2.05) is 18.8 Å². The lowest BCUT2D eigenvalue weighted by atomic mass is 10.1. The third kappa shape index (κ3) is 5.99. The average molecular weight is 253 g/mol. The van der Waals surface area contributed by atoms with Gasteiger partial charge in [0.25, 0.3) is 0 Å². The molecule has 96 valence electrons. The molecule has 17 heavy (non-hydrogen) atoms. The Labute approximate surface area is 109 Å². The van der Waals surface area contributed by atoms with E-state index in [1.165, 1.54) is 5.56 Å². The first-order valence-electron chi connectivity index (χ1n) is 6.23. The molecular formula is C14H23NOS. The number of hydrogen-bond acceptors (Lipinski definition) is 3. The van der Waals surface area contributed by atoms with Gasteiger partial charge in [0.15, 0.2) is 0 Å². The fraction of sp³-hybridized carbons (Fsp3) is 0.571. The SMILES string of the molecule is CCSCCOc1ccc(CC(C)NC)cc1. The molecule has 1 aromatic carbocycles. The number of rotatable bonds is 8. The molecule has 2 nitrogen and oxygen atoms in total. The molecule has 0 aliphatic heterocycles. The zero-order valence-corrected chi connectivity index (χ0v) is 11.8. The molecule has 1 aromatic rings. The summed E-state index contributed by atoms with van der Waals surface area (Å²) in [6.45, 7) is 5.15. The Morgan fingerprint density at radius 3 is 2.59 bits per heavy atom. The molecule has 0 aromatic heterocycles. The van der Waals surface area contributed by atoms with Crippen LogP contribution in [0, 0.1) is 0 Å². The van der Waals surface area contributed by atoms with Gasteiger partial charge in [-0.05, 0) is 43.8 Å². The van der Waals surface area contributed by atoms with Crippen molar-refractivity contribution in [3.05, 3.63) is 29.8 Å². The van der Waals surface area contributed by atoms with E-state index in [4.69, 9.17) is 4.74 Å². The van der Waals surface area contributed by atoms with E-state index in [0.29, 0.717) is 6.04 Å². The summed E-state index contributed by atoms with van der Waals surface area (Å²) in [7, 11) is 1.99. The van der Waals surface area contributed by atoms with Crippen LogP contribution in [0.3, 0.4) is 0 Å². The van der Waals surface area contributed by atoms with Crippen LogP contribution in [0.4, 0.5) is 0 Å². The lowest BCUT2D eigenvalue weighted by Gasteiger charge is -2.11.